The fourth-order valence-corrected chi connectivity index (χ4v) is 3.84. The van der Waals surface area contributed by atoms with Crippen molar-refractivity contribution in [3.05, 3.63) is 101 Å². The molecule has 0 saturated heterocycles. The van der Waals surface area contributed by atoms with E-state index >= 15 is 0 Å². The average molecular weight is 412 g/mol. The number of esters is 1. The molecule has 0 aliphatic carbocycles. The van der Waals surface area contributed by atoms with Crippen molar-refractivity contribution in [2.75, 3.05) is 6.54 Å². The van der Waals surface area contributed by atoms with Crippen LogP contribution in [0.1, 0.15) is 43.8 Å². The zero-order valence-corrected chi connectivity index (χ0v) is 16.7. The predicted octanol–water partition coefficient (Wildman–Crippen LogP) is 3.16. The minimum Gasteiger partial charge on any atom is -0.454 e. The van der Waals surface area contributed by atoms with Gasteiger partial charge >= 0.3 is 5.97 Å². The maximum absolute atomic E-state index is 12.7. The van der Waals surface area contributed by atoms with Gasteiger partial charge in [0.2, 0.25) is 0 Å². The van der Waals surface area contributed by atoms with E-state index in [1.54, 1.807) is 18.2 Å². The molecular weight excluding hydrogens is 392 g/mol. The number of hydrogen-bond acceptors (Lipinski definition) is 5. The second kappa shape index (κ2) is 8.02. The van der Waals surface area contributed by atoms with E-state index in [2.05, 4.69) is 15.5 Å². The highest BCUT2D eigenvalue weighted by Crippen LogP contribution is 2.31. The molecule has 0 bridgehead atoms. The van der Waals surface area contributed by atoms with Crippen molar-refractivity contribution in [3.8, 4) is 0 Å². The van der Waals surface area contributed by atoms with Crippen molar-refractivity contribution in [3.63, 3.8) is 0 Å². The van der Waals surface area contributed by atoms with Gasteiger partial charge in [0.15, 0.2) is 5.65 Å². The van der Waals surface area contributed by atoms with Crippen molar-refractivity contribution < 1.29 is 14.3 Å². The third-order valence-corrected chi connectivity index (χ3v) is 5.43. The first-order valence-corrected chi connectivity index (χ1v) is 10.1. The topological polar surface area (TPSA) is 85.6 Å². The first-order valence-electron chi connectivity index (χ1n) is 10.1. The van der Waals surface area contributed by atoms with E-state index < -0.39 is 0 Å². The number of nitrogens with one attached hydrogen (secondary N) is 1. The van der Waals surface area contributed by atoms with Crippen LogP contribution in [0.15, 0.2) is 72.9 Å². The van der Waals surface area contributed by atoms with Crippen LogP contribution in [-0.4, -0.2) is 33.0 Å². The van der Waals surface area contributed by atoms with E-state index in [-0.39, 0.29) is 18.0 Å². The third kappa shape index (κ3) is 3.77. The molecule has 7 nitrogen and oxygen atoms in total. The Balaban J connectivity index is 1.28. The van der Waals surface area contributed by atoms with Gasteiger partial charge in [0.1, 0.15) is 11.9 Å². The van der Waals surface area contributed by atoms with E-state index in [1.807, 2.05) is 59.1 Å². The lowest BCUT2D eigenvalue weighted by atomic mass is 9.93. The molecule has 3 heterocycles. The minimum atomic E-state index is -0.360. The molecule has 1 atom stereocenters. The molecule has 0 saturated carbocycles. The summed E-state index contributed by atoms with van der Waals surface area (Å²) in [5.74, 6) is 0.238. The predicted molar refractivity (Wildman–Crippen MR) is 114 cm³/mol. The molecule has 4 aromatic rings. The zero-order valence-electron chi connectivity index (χ0n) is 16.7. The summed E-state index contributed by atoms with van der Waals surface area (Å²) in [6, 6.07) is 20.5. The molecule has 0 fully saturated rings. The Kier molecular flexibility index (Phi) is 4.92. The Hall–Kier alpha value is -4.00. The van der Waals surface area contributed by atoms with Gasteiger partial charge in [-0.25, -0.2) is 4.79 Å². The number of carbonyl (C=O) groups is 2. The molecule has 2 aromatic carbocycles. The molecule has 0 spiro atoms. The van der Waals surface area contributed by atoms with E-state index in [9.17, 15) is 9.59 Å². The van der Waals surface area contributed by atoms with Gasteiger partial charge in [-0.15, -0.1) is 10.2 Å². The molecule has 5 rings (SSSR count). The summed E-state index contributed by atoms with van der Waals surface area (Å²) in [7, 11) is 0. The minimum absolute atomic E-state index is 0.188. The van der Waals surface area contributed by atoms with Crippen LogP contribution >= 0.6 is 0 Å². The fourth-order valence-electron chi connectivity index (χ4n) is 3.84. The van der Waals surface area contributed by atoms with Crippen molar-refractivity contribution in [2.24, 2.45) is 0 Å². The molecule has 1 N–H and O–H groups in total. The first-order chi connectivity index (χ1) is 15.2. The van der Waals surface area contributed by atoms with Crippen LogP contribution in [0, 0.1) is 0 Å². The van der Waals surface area contributed by atoms with E-state index in [4.69, 9.17) is 4.74 Å². The van der Waals surface area contributed by atoms with Crippen molar-refractivity contribution in [2.45, 2.75) is 18.9 Å². The van der Waals surface area contributed by atoms with Gasteiger partial charge in [-0.1, -0.05) is 36.4 Å². The van der Waals surface area contributed by atoms with E-state index in [0.29, 0.717) is 30.5 Å². The van der Waals surface area contributed by atoms with Crippen LogP contribution in [0.3, 0.4) is 0 Å². The average Bonchev–Trinajstić information content (AvgIpc) is 3.22. The Labute approximate surface area is 178 Å². The van der Waals surface area contributed by atoms with Crippen molar-refractivity contribution in [1.82, 2.24) is 19.9 Å². The number of rotatable bonds is 5. The summed E-state index contributed by atoms with van der Waals surface area (Å²) in [5.41, 5.74) is 3.57. The smallest absolute Gasteiger partial charge is 0.339 e. The van der Waals surface area contributed by atoms with Gasteiger partial charge in [-0.3, -0.25) is 9.20 Å². The molecule has 2 aromatic heterocycles. The summed E-state index contributed by atoms with van der Waals surface area (Å²) in [6.45, 7) is 0.431. The van der Waals surface area contributed by atoms with Gasteiger partial charge < -0.3 is 10.1 Å². The lowest BCUT2D eigenvalue weighted by Gasteiger charge is -2.25. The quantitative estimate of drug-likeness (QED) is 0.509. The first kappa shape index (κ1) is 19.0. The summed E-state index contributed by atoms with van der Waals surface area (Å²) in [6.07, 6.45) is 2.65. The molecule has 31 heavy (non-hydrogen) atoms. The zero-order chi connectivity index (χ0) is 21.2. The van der Waals surface area contributed by atoms with Crippen LogP contribution in [-0.2, 0) is 17.6 Å². The highest BCUT2D eigenvalue weighted by Gasteiger charge is 2.28. The van der Waals surface area contributed by atoms with Gasteiger partial charge in [0, 0.05) is 31.1 Å². The Bertz CT molecular complexity index is 1270. The largest absolute Gasteiger partial charge is 0.454 e. The monoisotopic (exact) mass is 412 g/mol. The molecule has 1 aliphatic rings. The van der Waals surface area contributed by atoms with E-state index in [1.165, 1.54) is 0 Å². The molecule has 7 heteroatoms. The van der Waals surface area contributed by atoms with Gasteiger partial charge in [0.25, 0.3) is 5.91 Å². The summed E-state index contributed by atoms with van der Waals surface area (Å²) in [5, 5.41) is 11.2. The number of cyclic esters (lactones) is 1. The molecule has 0 radical (unpaired) electrons. The Morgan fingerprint density at radius 3 is 2.77 bits per heavy atom. The number of benzene rings is 2. The van der Waals surface area contributed by atoms with Crippen molar-refractivity contribution >= 4 is 17.5 Å². The molecule has 1 aliphatic heterocycles. The Morgan fingerprint density at radius 1 is 1.06 bits per heavy atom. The number of hydrogen-bond donors (Lipinski definition) is 1. The summed E-state index contributed by atoms with van der Waals surface area (Å²) in [4.78, 5) is 25.1. The second-order valence-electron chi connectivity index (χ2n) is 7.43. The maximum atomic E-state index is 12.7. The molecular formula is C24H20N4O3. The highest BCUT2D eigenvalue weighted by molar-refractivity contribution is 5.97. The molecule has 154 valence electrons. The number of fused-ring (bicyclic) bond motifs is 2. The van der Waals surface area contributed by atoms with Gasteiger partial charge in [-0.2, -0.15) is 0 Å². The number of carbonyl (C=O) groups excluding carboxylic acids is 2. The standard InChI is InChI=1S/C24H20N4O3/c29-23(25-12-11-22-27-26-21-8-4-5-13-28(21)22)17-9-10-19-18(14-17)15-20(31-24(19)30)16-6-2-1-3-7-16/h1-10,13-14,20H,11-12,15H2,(H,25,29)/t20-/m1/s1. The van der Waals surface area contributed by atoms with Crippen LogP contribution in [0.4, 0.5) is 0 Å². The summed E-state index contributed by atoms with van der Waals surface area (Å²) < 4.78 is 7.49. The molecule has 1 amide bonds. The number of pyridine rings is 1. The number of nitrogens with zero attached hydrogens (tertiary/aromatic N) is 3. The van der Waals surface area contributed by atoms with Gasteiger partial charge in [-0.05, 0) is 41.5 Å². The normalized spacial score (nSPS) is 15.4. The third-order valence-electron chi connectivity index (χ3n) is 5.43. The summed E-state index contributed by atoms with van der Waals surface area (Å²) >= 11 is 0. The fraction of sp³-hybridized carbons (Fsp3) is 0.167. The highest BCUT2D eigenvalue weighted by atomic mass is 16.5. The lowest BCUT2D eigenvalue weighted by Crippen LogP contribution is -2.27. The Morgan fingerprint density at radius 2 is 1.90 bits per heavy atom. The second-order valence-corrected chi connectivity index (χ2v) is 7.43. The van der Waals surface area contributed by atoms with E-state index in [0.717, 1.165) is 22.6 Å². The maximum Gasteiger partial charge on any atom is 0.339 e. The number of aromatic nitrogens is 3. The van der Waals surface area contributed by atoms with Crippen molar-refractivity contribution in [1.29, 1.82) is 0 Å². The molecule has 0 unspecified atom stereocenters. The van der Waals surface area contributed by atoms with Crippen LogP contribution in [0.25, 0.3) is 5.65 Å². The number of ether oxygens (including phenoxy) is 1. The van der Waals surface area contributed by atoms with Crippen LogP contribution in [0.2, 0.25) is 0 Å². The van der Waals surface area contributed by atoms with Gasteiger partial charge in [0.05, 0.1) is 5.56 Å². The van der Waals surface area contributed by atoms with Crippen LogP contribution in [0.5, 0.6) is 0 Å². The SMILES string of the molecule is O=C(NCCc1nnc2ccccn12)c1ccc2c(c1)C[C@H](c1ccccc1)OC2=O. The van der Waals surface area contributed by atoms with Crippen LogP contribution < -0.4 is 5.32 Å². The lowest BCUT2D eigenvalue weighted by molar-refractivity contribution is 0.0252. The number of amides is 1.